The van der Waals surface area contributed by atoms with Crippen LogP contribution in [0.5, 0.6) is 0 Å². The van der Waals surface area contributed by atoms with Crippen molar-refractivity contribution < 1.29 is 9.59 Å². The van der Waals surface area contributed by atoms with Gasteiger partial charge in [-0.3, -0.25) is 9.59 Å². The molecule has 1 aromatic carbocycles. The molecule has 4 nitrogen and oxygen atoms in total. The average Bonchev–Trinajstić information content (AvgIpc) is 2.66. The molecule has 2 rings (SSSR count). The van der Waals surface area contributed by atoms with E-state index in [0.717, 1.165) is 12.0 Å². The number of benzene rings is 1. The summed E-state index contributed by atoms with van der Waals surface area (Å²) in [5.74, 6) is -0.143. The van der Waals surface area contributed by atoms with E-state index in [1.54, 1.807) is 4.90 Å². The number of nitrogens with one attached hydrogen (secondary N) is 1. The molecule has 0 radical (unpaired) electrons. The summed E-state index contributed by atoms with van der Waals surface area (Å²) in [6.07, 6.45) is 0.889. The maximum atomic E-state index is 12.0. The van der Waals surface area contributed by atoms with Crippen molar-refractivity contribution in [3.8, 4) is 0 Å². The third-order valence-corrected chi connectivity index (χ3v) is 3.25. The molecule has 1 atom stereocenters. The maximum absolute atomic E-state index is 12.0. The highest BCUT2D eigenvalue weighted by atomic mass is 16.2. The first-order valence-corrected chi connectivity index (χ1v) is 6.28. The van der Waals surface area contributed by atoms with Crippen LogP contribution in [0.3, 0.4) is 0 Å². The lowest BCUT2D eigenvalue weighted by molar-refractivity contribution is -0.122. The van der Waals surface area contributed by atoms with Gasteiger partial charge in [0.05, 0.1) is 0 Å². The van der Waals surface area contributed by atoms with Crippen LogP contribution in [0.1, 0.15) is 36.2 Å². The highest BCUT2D eigenvalue weighted by Gasteiger charge is 2.28. The molecular weight excluding hydrogens is 228 g/mol. The Balaban J connectivity index is 1.98. The molecule has 2 amide bonds. The molecule has 1 N–H and O–H groups in total. The minimum atomic E-state index is -0.0921. The number of amides is 2. The van der Waals surface area contributed by atoms with Gasteiger partial charge in [-0.25, -0.2) is 0 Å². The highest BCUT2D eigenvalue weighted by Crippen LogP contribution is 2.21. The van der Waals surface area contributed by atoms with E-state index in [1.165, 1.54) is 0 Å². The van der Waals surface area contributed by atoms with Gasteiger partial charge in [-0.2, -0.15) is 0 Å². The Kier molecular flexibility index (Phi) is 3.65. The fourth-order valence-corrected chi connectivity index (χ4v) is 2.04. The summed E-state index contributed by atoms with van der Waals surface area (Å²) in [4.78, 5) is 25.4. The maximum Gasteiger partial charge on any atom is 0.254 e. The van der Waals surface area contributed by atoms with Crippen LogP contribution in [-0.4, -0.2) is 29.3 Å². The fraction of sp³-hybridized carbons (Fsp3) is 0.429. The first-order chi connectivity index (χ1) is 8.61. The molecule has 0 spiro atoms. The Morgan fingerprint density at radius 3 is 2.83 bits per heavy atom. The van der Waals surface area contributed by atoms with Gasteiger partial charge < -0.3 is 10.2 Å². The van der Waals surface area contributed by atoms with Crippen molar-refractivity contribution in [2.75, 3.05) is 6.54 Å². The van der Waals surface area contributed by atoms with Gasteiger partial charge >= 0.3 is 0 Å². The molecular formula is C14H18N2O2. The lowest BCUT2D eigenvalue weighted by Gasteiger charge is -2.17. The van der Waals surface area contributed by atoms with Crippen LogP contribution < -0.4 is 5.32 Å². The number of rotatable bonds is 4. The van der Waals surface area contributed by atoms with Crippen LogP contribution in [0, 0.1) is 0 Å². The zero-order valence-electron chi connectivity index (χ0n) is 10.8. The molecule has 1 aliphatic rings. The van der Waals surface area contributed by atoms with E-state index in [9.17, 15) is 9.59 Å². The van der Waals surface area contributed by atoms with E-state index in [2.05, 4.69) is 5.32 Å². The van der Waals surface area contributed by atoms with Crippen molar-refractivity contribution in [2.45, 2.75) is 32.9 Å². The standard InChI is InChI=1S/C14H18N2O2/c1-3-10(2)15-13(17)9-16-8-11-6-4-5-7-12(11)14(16)18/h4-7,10H,3,8-9H2,1-2H3,(H,15,17). The van der Waals surface area contributed by atoms with Gasteiger partial charge in [-0.15, -0.1) is 0 Å². The second-order valence-corrected chi connectivity index (χ2v) is 4.70. The predicted octanol–water partition coefficient (Wildman–Crippen LogP) is 1.56. The third-order valence-electron chi connectivity index (χ3n) is 3.25. The molecule has 0 bridgehead atoms. The zero-order valence-corrected chi connectivity index (χ0v) is 10.8. The van der Waals surface area contributed by atoms with Crippen molar-refractivity contribution in [3.05, 3.63) is 35.4 Å². The normalized spacial score (nSPS) is 15.4. The number of hydrogen-bond acceptors (Lipinski definition) is 2. The third kappa shape index (κ3) is 2.53. The van der Waals surface area contributed by atoms with E-state index in [0.29, 0.717) is 12.1 Å². The van der Waals surface area contributed by atoms with E-state index < -0.39 is 0 Å². The van der Waals surface area contributed by atoms with Crippen molar-refractivity contribution in [2.24, 2.45) is 0 Å². The van der Waals surface area contributed by atoms with Crippen LogP contribution in [0.15, 0.2) is 24.3 Å². The quantitative estimate of drug-likeness (QED) is 0.876. The lowest BCUT2D eigenvalue weighted by atomic mass is 10.1. The smallest absolute Gasteiger partial charge is 0.254 e. The number of carbonyl (C=O) groups is 2. The zero-order chi connectivity index (χ0) is 13.1. The minimum Gasteiger partial charge on any atom is -0.352 e. The first kappa shape index (κ1) is 12.6. The van der Waals surface area contributed by atoms with Gasteiger partial charge in [0.1, 0.15) is 6.54 Å². The van der Waals surface area contributed by atoms with Crippen LogP contribution in [-0.2, 0) is 11.3 Å². The number of nitrogens with zero attached hydrogens (tertiary/aromatic N) is 1. The highest BCUT2D eigenvalue weighted by molar-refractivity contribution is 6.00. The summed E-state index contributed by atoms with van der Waals surface area (Å²) >= 11 is 0. The summed E-state index contributed by atoms with van der Waals surface area (Å²) in [5, 5.41) is 2.87. The first-order valence-electron chi connectivity index (χ1n) is 6.28. The van der Waals surface area contributed by atoms with Gasteiger partial charge in [-0.1, -0.05) is 25.1 Å². The van der Waals surface area contributed by atoms with Crippen molar-refractivity contribution in [1.82, 2.24) is 10.2 Å². The molecule has 1 heterocycles. The summed E-state index contributed by atoms with van der Waals surface area (Å²) in [6.45, 7) is 4.64. The fourth-order valence-electron chi connectivity index (χ4n) is 2.04. The van der Waals surface area contributed by atoms with Crippen LogP contribution in [0.2, 0.25) is 0 Å². The molecule has 0 aromatic heterocycles. The summed E-state index contributed by atoms with van der Waals surface area (Å²) < 4.78 is 0. The Morgan fingerprint density at radius 1 is 1.44 bits per heavy atom. The molecule has 96 valence electrons. The van der Waals surface area contributed by atoms with Crippen molar-refractivity contribution in [3.63, 3.8) is 0 Å². The van der Waals surface area contributed by atoms with Gasteiger partial charge in [0.15, 0.2) is 0 Å². The Morgan fingerprint density at radius 2 is 2.17 bits per heavy atom. The topological polar surface area (TPSA) is 49.4 Å². The molecule has 18 heavy (non-hydrogen) atoms. The summed E-state index contributed by atoms with van der Waals surface area (Å²) in [7, 11) is 0. The molecule has 1 aliphatic heterocycles. The monoisotopic (exact) mass is 246 g/mol. The molecule has 1 unspecified atom stereocenters. The Bertz CT molecular complexity index is 471. The summed E-state index contributed by atoms with van der Waals surface area (Å²) in [6, 6.07) is 7.65. The average molecular weight is 246 g/mol. The van der Waals surface area contributed by atoms with Crippen LogP contribution in [0.4, 0.5) is 0 Å². The second-order valence-electron chi connectivity index (χ2n) is 4.70. The van der Waals surface area contributed by atoms with E-state index >= 15 is 0 Å². The largest absolute Gasteiger partial charge is 0.352 e. The molecule has 0 aliphatic carbocycles. The number of fused-ring (bicyclic) bond motifs is 1. The van der Waals surface area contributed by atoms with Crippen LogP contribution >= 0.6 is 0 Å². The lowest BCUT2D eigenvalue weighted by Crippen LogP contribution is -2.40. The molecule has 0 saturated carbocycles. The molecule has 4 heteroatoms. The Hall–Kier alpha value is -1.84. The van der Waals surface area contributed by atoms with Crippen LogP contribution in [0.25, 0.3) is 0 Å². The molecule has 0 fully saturated rings. The van der Waals surface area contributed by atoms with Gasteiger partial charge in [0.25, 0.3) is 5.91 Å². The second kappa shape index (κ2) is 5.21. The summed E-state index contributed by atoms with van der Waals surface area (Å²) in [5.41, 5.74) is 1.72. The van der Waals surface area contributed by atoms with Crippen molar-refractivity contribution in [1.29, 1.82) is 0 Å². The number of carbonyl (C=O) groups excluding carboxylic acids is 2. The van der Waals surface area contributed by atoms with Crippen molar-refractivity contribution >= 4 is 11.8 Å². The van der Waals surface area contributed by atoms with E-state index in [-0.39, 0.29) is 24.4 Å². The SMILES string of the molecule is CCC(C)NC(=O)CN1Cc2ccccc2C1=O. The molecule has 0 saturated heterocycles. The number of hydrogen-bond donors (Lipinski definition) is 1. The minimum absolute atomic E-state index is 0.0510. The van der Waals surface area contributed by atoms with E-state index in [4.69, 9.17) is 0 Å². The van der Waals surface area contributed by atoms with Gasteiger partial charge in [0, 0.05) is 18.2 Å². The predicted molar refractivity (Wildman–Crippen MR) is 69.1 cm³/mol. The van der Waals surface area contributed by atoms with Gasteiger partial charge in [-0.05, 0) is 25.0 Å². The van der Waals surface area contributed by atoms with Gasteiger partial charge in [0.2, 0.25) is 5.91 Å². The Labute approximate surface area is 107 Å². The molecule has 1 aromatic rings. The van der Waals surface area contributed by atoms with E-state index in [1.807, 2.05) is 38.1 Å².